The molecule has 0 aliphatic carbocycles. The summed E-state index contributed by atoms with van der Waals surface area (Å²) in [7, 11) is 1.53. The Bertz CT molecular complexity index is 1240. The van der Waals surface area contributed by atoms with E-state index in [2.05, 4.69) is 10.6 Å². The van der Waals surface area contributed by atoms with Crippen LogP contribution in [0.1, 0.15) is 29.7 Å². The van der Waals surface area contributed by atoms with Crippen LogP contribution < -0.4 is 20.1 Å². The zero-order chi connectivity index (χ0) is 24.8. The van der Waals surface area contributed by atoms with E-state index < -0.39 is 18.0 Å². The Hall–Kier alpha value is -3.97. The molecular formula is C27H25ClN2O5. The minimum Gasteiger partial charge on any atom is -0.493 e. The van der Waals surface area contributed by atoms with Crippen molar-refractivity contribution >= 4 is 29.3 Å². The number of nitrogens with one attached hydrogen (secondary N) is 2. The second kappa shape index (κ2) is 11.0. The lowest BCUT2D eigenvalue weighted by molar-refractivity contribution is -0.138. The first-order chi connectivity index (χ1) is 17.0. The molecule has 1 aliphatic heterocycles. The highest BCUT2D eigenvalue weighted by Crippen LogP contribution is 2.36. The summed E-state index contributed by atoms with van der Waals surface area (Å²) in [6.45, 7) is 2.26. The molecular weight excluding hydrogens is 468 g/mol. The van der Waals surface area contributed by atoms with Gasteiger partial charge in [-0.25, -0.2) is 9.59 Å². The van der Waals surface area contributed by atoms with Gasteiger partial charge in [-0.05, 0) is 47.9 Å². The Morgan fingerprint density at radius 2 is 1.74 bits per heavy atom. The van der Waals surface area contributed by atoms with Gasteiger partial charge >= 0.3 is 12.0 Å². The third-order valence-corrected chi connectivity index (χ3v) is 5.71. The predicted octanol–water partition coefficient (Wildman–Crippen LogP) is 5.26. The zero-order valence-electron chi connectivity index (χ0n) is 19.3. The normalized spacial score (nSPS) is 15.2. The van der Waals surface area contributed by atoms with Crippen molar-refractivity contribution in [2.45, 2.75) is 19.6 Å². The lowest BCUT2D eigenvalue weighted by Crippen LogP contribution is -2.45. The number of rotatable bonds is 8. The van der Waals surface area contributed by atoms with Crippen molar-refractivity contribution in [3.63, 3.8) is 0 Å². The summed E-state index contributed by atoms with van der Waals surface area (Å²) in [6.07, 6.45) is 0. The first-order valence-electron chi connectivity index (χ1n) is 11.1. The van der Waals surface area contributed by atoms with Crippen molar-refractivity contribution in [2.24, 2.45) is 0 Å². The van der Waals surface area contributed by atoms with Gasteiger partial charge in [0.1, 0.15) is 6.61 Å². The Labute approximate surface area is 208 Å². The van der Waals surface area contributed by atoms with E-state index in [1.54, 1.807) is 37.3 Å². The SMILES string of the molecule is CCOC(=O)C1=C(c2ccccc2)NC(=O)NC1c1ccc(OCc2ccc(Cl)cc2)c(OC)c1. The standard InChI is InChI=1S/C27H25ClN2O5/c1-3-34-26(31)23-24(18-7-5-4-6-8-18)29-27(32)30-25(23)19-11-14-21(22(15-19)33-2)35-16-17-9-12-20(28)13-10-17/h4-15,25H,3,16H2,1-2H3,(H2,29,30,32). The number of esters is 1. The van der Waals surface area contributed by atoms with Crippen LogP contribution in [0.3, 0.4) is 0 Å². The Kier molecular flexibility index (Phi) is 7.57. The molecule has 1 heterocycles. The number of hydrogen-bond acceptors (Lipinski definition) is 5. The number of urea groups is 1. The van der Waals surface area contributed by atoms with E-state index in [1.165, 1.54) is 7.11 Å². The van der Waals surface area contributed by atoms with E-state index in [9.17, 15) is 9.59 Å². The number of methoxy groups -OCH3 is 1. The lowest BCUT2D eigenvalue weighted by Gasteiger charge is -2.30. The van der Waals surface area contributed by atoms with Crippen LogP contribution in [0.2, 0.25) is 5.02 Å². The number of halogens is 1. The topological polar surface area (TPSA) is 85.9 Å². The first kappa shape index (κ1) is 24.2. The van der Waals surface area contributed by atoms with Crippen molar-refractivity contribution in [1.82, 2.24) is 10.6 Å². The largest absolute Gasteiger partial charge is 0.493 e. The summed E-state index contributed by atoms with van der Waals surface area (Å²) >= 11 is 5.95. The number of amides is 2. The molecule has 0 spiro atoms. The van der Waals surface area contributed by atoms with Gasteiger partial charge in [0.25, 0.3) is 0 Å². The van der Waals surface area contributed by atoms with Crippen LogP contribution in [0.5, 0.6) is 11.5 Å². The van der Waals surface area contributed by atoms with Crippen molar-refractivity contribution < 1.29 is 23.8 Å². The molecule has 0 aromatic heterocycles. The van der Waals surface area contributed by atoms with Gasteiger partial charge in [0.15, 0.2) is 11.5 Å². The van der Waals surface area contributed by atoms with Crippen molar-refractivity contribution in [3.05, 3.63) is 100 Å². The van der Waals surface area contributed by atoms with Crippen LogP contribution in [0.4, 0.5) is 4.79 Å². The molecule has 3 aromatic rings. The molecule has 2 amide bonds. The first-order valence-corrected chi connectivity index (χ1v) is 11.5. The van der Waals surface area contributed by atoms with Crippen LogP contribution in [-0.2, 0) is 16.1 Å². The van der Waals surface area contributed by atoms with E-state index >= 15 is 0 Å². The molecule has 3 aromatic carbocycles. The van der Waals surface area contributed by atoms with Gasteiger partial charge < -0.3 is 24.8 Å². The van der Waals surface area contributed by atoms with Crippen molar-refractivity contribution in [1.29, 1.82) is 0 Å². The maximum atomic E-state index is 13.0. The molecule has 0 fully saturated rings. The summed E-state index contributed by atoms with van der Waals surface area (Å²) in [6, 6.07) is 20.7. The van der Waals surface area contributed by atoms with Gasteiger partial charge in [0.05, 0.1) is 31.0 Å². The van der Waals surface area contributed by atoms with Crippen molar-refractivity contribution in [3.8, 4) is 11.5 Å². The van der Waals surface area contributed by atoms with Crippen LogP contribution in [0, 0.1) is 0 Å². The highest BCUT2D eigenvalue weighted by atomic mass is 35.5. The van der Waals surface area contributed by atoms with Gasteiger partial charge in [-0.3, -0.25) is 0 Å². The van der Waals surface area contributed by atoms with Gasteiger partial charge in [-0.15, -0.1) is 0 Å². The molecule has 0 saturated heterocycles. The maximum absolute atomic E-state index is 13.0. The smallest absolute Gasteiger partial charge is 0.338 e. The third kappa shape index (κ3) is 5.58. The van der Waals surface area contributed by atoms with Gasteiger partial charge in [0.2, 0.25) is 0 Å². The molecule has 2 N–H and O–H groups in total. The van der Waals surface area contributed by atoms with Crippen LogP contribution >= 0.6 is 11.6 Å². The van der Waals surface area contributed by atoms with Crippen LogP contribution in [0.15, 0.2) is 78.4 Å². The molecule has 1 aliphatic rings. The Morgan fingerprint density at radius 3 is 2.43 bits per heavy atom. The molecule has 0 radical (unpaired) electrons. The maximum Gasteiger partial charge on any atom is 0.338 e. The highest BCUT2D eigenvalue weighted by molar-refractivity contribution is 6.30. The average Bonchev–Trinajstić information content (AvgIpc) is 2.88. The summed E-state index contributed by atoms with van der Waals surface area (Å²) in [5.41, 5.74) is 3.00. The Morgan fingerprint density at radius 1 is 1.00 bits per heavy atom. The molecule has 0 saturated carbocycles. The van der Waals surface area contributed by atoms with E-state index in [4.69, 9.17) is 25.8 Å². The van der Waals surface area contributed by atoms with Crippen molar-refractivity contribution in [2.75, 3.05) is 13.7 Å². The fourth-order valence-electron chi connectivity index (χ4n) is 3.80. The minimum absolute atomic E-state index is 0.200. The molecule has 8 heteroatoms. The minimum atomic E-state index is -0.753. The summed E-state index contributed by atoms with van der Waals surface area (Å²) < 4.78 is 16.9. The number of hydrogen-bond donors (Lipinski definition) is 2. The second-order valence-electron chi connectivity index (χ2n) is 7.73. The highest BCUT2D eigenvalue weighted by Gasteiger charge is 2.34. The van der Waals surface area contributed by atoms with E-state index in [1.807, 2.05) is 42.5 Å². The van der Waals surface area contributed by atoms with Gasteiger partial charge in [0, 0.05) is 5.02 Å². The van der Waals surface area contributed by atoms with Crippen LogP contribution in [0.25, 0.3) is 5.70 Å². The van der Waals surface area contributed by atoms with E-state index in [0.717, 1.165) is 5.56 Å². The number of carbonyl (C=O) groups is 2. The van der Waals surface area contributed by atoms with Crippen LogP contribution in [-0.4, -0.2) is 25.7 Å². The third-order valence-electron chi connectivity index (χ3n) is 5.46. The number of ether oxygens (including phenoxy) is 3. The summed E-state index contributed by atoms with van der Waals surface area (Å²) in [4.78, 5) is 25.6. The summed E-state index contributed by atoms with van der Waals surface area (Å²) in [5.74, 6) is 0.469. The number of benzene rings is 3. The monoisotopic (exact) mass is 492 g/mol. The fraction of sp³-hybridized carbons (Fsp3) is 0.185. The molecule has 35 heavy (non-hydrogen) atoms. The number of carbonyl (C=O) groups excluding carboxylic acids is 2. The fourth-order valence-corrected chi connectivity index (χ4v) is 3.93. The summed E-state index contributed by atoms with van der Waals surface area (Å²) in [5, 5.41) is 6.26. The molecule has 1 unspecified atom stereocenters. The van der Waals surface area contributed by atoms with Gasteiger partial charge in [-0.2, -0.15) is 0 Å². The molecule has 1 atom stereocenters. The quantitative estimate of drug-likeness (QED) is 0.419. The lowest BCUT2D eigenvalue weighted by atomic mass is 9.92. The average molecular weight is 493 g/mol. The molecule has 7 nitrogen and oxygen atoms in total. The second-order valence-corrected chi connectivity index (χ2v) is 8.17. The molecule has 4 rings (SSSR count). The predicted molar refractivity (Wildman–Crippen MR) is 133 cm³/mol. The Balaban J connectivity index is 1.70. The molecule has 180 valence electrons. The molecule has 0 bridgehead atoms. The van der Waals surface area contributed by atoms with E-state index in [0.29, 0.717) is 45.5 Å². The van der Waals surface area contributed by atoms with Gasteiger partial charge in [-0.1, -0.05) is 60.1 Å². The zero-order valence-corrected chi connectivity index (χ0v) is 20.1. The van der Waals surface area contributed by atoms with E-state index in [-0.39, 0.29) is 6.61 Å².